The van der Waals surface area contributed by atoms with Crippen LogP contribution in [0.25, 0.3) is 0 Å². The predicted molar refractivity (Wildman–Crippen MR) is 69.4 cm³/mol. The van der Waals surface area contributed by atoms with Crippen LogP contribution >= 0.6 is 0 Å². The summed E-state index contributed by atoms with van der Waals surface area (Å²) in [6.07, 6.45) is 0. The number of aliphatic hydroxyl groups excluding tert-OH is 2. The third-order valence-electron chi connectivity index (χ3n) is 3.27. The minimum absolute atomic E-state index is 0.0231. The fourth-order valence-electron chi connectivity index (χ4n) is 2.11. The van der Waals surface area contributed by atoms with E-state index in [-0.39, 0.29) is 31.6 Å². The number of nitrogens with zero attached hydrogens (tertiary/aromatic N) is 3. The molecule has 7 nitrogen and oxygen atoms in total. The van der Waals surface area contributed by atoms with Crippen molar-refractivity contribution in [3.63, 3.8) is 0 Å². The zero-order chi connectivity index (χ0) is 14.3. The van der Waals surface area contributed by atoms with E-state index in [2.05, 4.69) is 0 Å². The van der Waals surface area contributed by atoms with Crippen LogP contribution in [0.4, 0.5) is 0 Å². The van der Waals surface area contributed by atoms with Gasteiger partial charge < -0.3 is 20.0 Å². The Labute approximate surface area is 113 Å². The summed E-state index contributed by atoms with van der Waals surface area (Å²) in [5.41, 5.74) is 0. The van der Waals surface area contributed by atoms with Gasteiger partial charge in [-0.3, -0.25) is 14.5 Å². The molecule has 0 radical (unpaired) electrons. The Morgan fingerprint density at radius 3 is 1.89 bits per heavy atom. The largest absolute Gasteiger partial charge is 0.395 e. The van der Waals surface area contributed by atoms with Gasteiger partial charge in [0.15, 0.2) is 0 Å². The number of carbonyl (C=O) groups excluding carboxylic acids is 2. The van der Waals surface area contributed by atoms with Crippen molar-refractivity contribution in [1.29, 1.82) is 0 Å². The first-order valence-electron chi connectivity index (χ1n) is 6.56. The first-order chi connectivity index (χ1) is 9.08. The summed E-state index contributed by atoms with van der Waals surface area (Å²) < 4.78 is 0. The van der Waals surface area contributed by atoms with Crippen LogP contribution in [-0.2, 0) is 9.59 Å². The van der Waals surface area contributed by atoms with Crippen molar-refractivity contribution in [2.24, 2.45) is 0 Å². The average molecular weight is 273 g/mol. The fraction of sp³-hybridized carbons (Fsp3) is 0.833. The Hall–Kier alpha value is -1.18. The number of piperazine rings is 1. The molecule has 2 N–H and O–H groups in total. The highest BCUT2D eigenvalue weighted by atomic mass is 16.3. The van der Waals surface area contributed by atoms with Crippen molar-refractivity contribution >= 4 is 11.8 Å². The maximum absolute atomic E-state index is 12.1. The summed E-state index contributed by atoms with van der Waals surface area (Å²) in [6.45, 7) is 4.64. The lowest BCUT2D eigenvalue weighted by Crippen LogP contribution is -2.52. The maximum atomic E-state index is 12.1. The molecule has 1 aliphatic rings. The van der Waals surface area contributed by atoms with Gasteiger partial charge in [0.05, 0.1) is 19.8 Å². The summed E-state index contributed by atoms with van der Waals surface area (Å²) in [5.74, 6) is 0.0133. The van der Waals surface area contributed by atoms with Crippen LogP contribution in [0.5, 0.6) is 0 Å². The second-order valence-electron chi connectivity index (χ2n) is 4.61. The van der Waals surface area contributed by atoms with E-state index in [1.807, 2.05) is 0 Å². The zero-order valence-corrected chi connectivity index (χ0v) is 11.4. The monoisotopic (exact) mass is 273 g/mol. The Kier molecular flexibility index (Phi) is 6.75. The van der Waals surface area contributed by atoms with Crippen LogP contribution in [0.3, 0.4) is 0 Å². The van der Waals surface area contributed by atoms with Gasteiger partial charge in [-0.25, -0.2) is 0 Å². The van der Waals surface area contributed by atoms with E-state index >= 15 is 0 Å². The first kappa shape index (κ1) is 15.9. The second-order valence-corrected chi connectivity index (χ2v) is 4.61. The van der Waals surface area contributed by atoms with Crippen LogP contribution in [0.2, 0.25) is 0 Å². The number of aliphatic hydroxyl groups is 2. The van der Waals surface area contributed by atoms with E-state index < -0.39 is 0 Å². The molecule has 1 rings (SSSR count). The molecule has 0 aromatic heterocycles. The Bertz CT molecular complexity index is 297. The van der Waals surface area contributed by atoms with Gasteiger partial charge in [-0.1, -0.05) is 0 Å². The molecule has 0 bridgehead atoms. The lowest BCUT2D eigenvalue weighted by molar-refractivity contribution is -0.139. The summed E-state index contributed by atoms with van der Waals surface area (Å²) in [6, 6.07) is 0. The van der Waals surface area contributed by atoms with E-state index in [1.165, 1.54) is 6.92 Å². The minimum atomic E-state index is -0.0363. The molecule has 0 atom stereocenters. The molecule has 19 heavy (non-hydrogen) atoms. The summed E-state index contributed by atoms with van der Waals surface area (Å²) >= 11 is 0. The van der Waals surface area contributed by atoms with Crippen molar-refractivity contribution in [3.05, 3.63) is 0 Å². The molecule has 2 amide bonds. The van der Waals surface area contributed by atoms with E-state index in [9.17, 15) is 9.59 Å². The summed E-state index contributed by atoms with van der Waals surface area (Å²) in [5, 5.41) is 17.8. The van der Waals surface area contributed by atoms with Crippen molar-refractivity contribution in [2.75, 3.05) is 59.0 Å². The van der Waals surface area contributed by atoms with E-state index in [0.717, 1.165) is 0 Å². The highest BCUT2D eigenvalue weighted by Crippen LogP contribution is 2.03. The molecule has 0 aromatic carbocycles. The van der Waals surface area contributed by atoms with Crippen LogP contribution in [0, 0.1) is 0 Å². The van der Waals surface area contributed by atoms with Gasteiger partial charge >= 0.3 is 0 Å². The number of hydrogen-bond acceptors (Lipinski definition) is 5. The zero-order valence-electron chi connectivity index (χ0n) is 11.4. The normalized spacial score (nSPS) is 16.0. The Morgan fingerprint density at radius 2 is 1.47 bits per heavy atom. The van der Waals surface area contributed by atoms with Gasteiger partial charge in [0.1, 0.15) is 0 Å². The van der Waals surface area contributed by atoms with Crippen molar-refractivity contribution in [2.45, 2.75) is 6.92 Å². The minimum Gasteiger partial charge on any atom is -0.395 e. The van der Waals surface area contributed by atoms with Crippen LogP contribution in [0.1, 0.15) is 6.92 Å². The third-order valence-corrected chi connectivity index (χ3v) is 3.27. The molecule has 0 aliphatic carbocycles. The highest BCUT2D eigenvalue weighted by Gasteiger charge is 2.23. The van der Waals surface area contributed by atoms with Gasteiger partial charge in [0.25, 0.3) is 0 Å². The van der Waals surface area contributed by atoms with Crippen LogP contribution in [-0.4, -0.2) is 95.8 Å². The molecule has 0 unspecified atom stereocenters. The summed E-state index contributed by atoms with van der Waals surface area (Å²) in [4.78, 5) is 28.4. The molecular weight excluding hydrogens is 250 g/mol. The number of rotatable bonds is 6. The van der Waals surface area contributed by atoms with Gasteiger partial charge in [0.2, 0.25) is 11.8 Å². The molecular formula is C12H23N3O4. The maximum Gasteiger partial charge on any atom is 0.236 e. The first-order valence-corrected chi connectivity index (χ1v) is 6.56. The SMILES string of the molecule is CC(=O)N1CCN(C(=O)CN(CCO)CCO)CC1. The van der Waals surface area contributed by atoms with Crippen LogP contribution in [0.15, 0.2) is 0 Å². The molecule has 1 saturated heterocycles. The molecule has 0 aromatic rings. The van der Waals surface area contributed by atoms with E-state index in [1.54, 1.807) is 14.7 Å². The van der Waals surface area contributed by atoms with Gasteiger partial charge in [-0.2, -0.15) is 0 Å². The summed E-state index contributed by atoms with van der Waals surface area (Å²) in [7, 11) is 0. The van der Waals surface area contributed by atoms with Gasteiger partial charge in [-0.15, -0.1) is 0 Å². The quantitative estimate of drug-likeness (QED) is 0.583. The molecule has 110 valence electrons. The molecule has 1 heterocycles. The Morgan fingerprint density at radius 1 is 1.00 bits per heavy atom. The van der Waals surface area contributed by atoms with Crippen LogP contribution < -0.4 is 0 Å². The van der Waals surface area contributed by atoms with Crippen molar-refractivity contribution in [3.8, 4) is 0 Å². The topological polar surface area (TPSA) is 84.3 Å². The smallest absolute Gasteiger partial charge is 0.236 e. The standard InChI is InChI=1S/C12H23N3O4/c1-11(18)14-2-4-15(5-3-14)12(19)10-13(6-8-16)7-9-17/h16-17H,2-10H2,1H3. The highest BCUT2D eigenvalue weighted by molar-refractivity contribution is 5.79. The molecule has 0 saturated carbocycles. The fourth-order valence-corrected chi connectivity index (χ4v) is 2.11. The van der Waals surface area contributed by atoms with E-state index in [0.29, 0.717) is 39.3 Å². The molecule has 0 spiro atoms. The molecule has 1 aliphatic heterocycles. The number of carbonyl (C=O) groups is 2. The lowest BCUT2D eigenvalue weighted by atomic mass is 10.3. The lowest BCUT2D eigenvalue weighted by Gasteiger charge is -2.35. The molecule has 7 heteroatoms. The second kappa shape index (κ2) is 8.08. The Balaban J connectivity index is 2.39. The van der Waals surface area contributed by atoms with Crippen molar-refractivity contribution in [1.82, 2.24) is 14.7 Å². The number of hydrogen-bond donors (Lipinski definition) is 2. The van der Waals surface area contributed by atoms with Gasteiger partial charge in [-0.05, 0) is 0 Å². The molecule has 1 fully saturated rings. The van der Waals surface area contributed by atoms with Crippen molar-refractivity contribution < 1.29 is 19.8 Å². The third kappa shape index (κ3) is 5.14. The number of amides is 2. The average Bonchev–Trinajstić information content (AvgIpc) is 2.39. The van der Waals surface area contributed by atoms with E-state index in [4.69, 9.17) is 10.2 Å². The predicted octanol–water partition coefficient (Wildman–Crippen LogP) is -2.04. The van der Waals surface area contributed by atoms with Gasteiger partial charge in [0, 0.05) is 46.2 Å².